The maximum absolute atomic E-state index is 13.3. The molecular formula is C15H14F6N6OS. The first-order chi connectivity index (χ1) is 13.5. The first kappa shape index (κ1) is 19.9. The maximum atomic E-state index is 13.3. The van der Waals surface area contributed by atoms with Crippen LogP contribution >= 0.6 is 11.3 Å². The number of nitrogens with zero attached hydrogens (tertiary/aromatic N) is 5. The van der Waals surface area contributed by atoms with E-state index in [1.807, 2.05) is 0 Å². The Hall–Kier alpha value is -2.38. The molecule has 0 spiro atoms. The minimum atomic E-state index is -4.77. The second-order valence-corrected chi connectivity index (χ2v) is 7.75. The molecule has 1 amide bonds. The molecule has 29 heavy (non-hydrogen) atoms. The van der Waals surface area contributed by atoms with E-state index in [1.54, 1.807) is 4.90 Å². The fraction of sp³-hybridized carbons (Fsp3) is 0.600. The highest BCUT2D eigenvalue weighted by Gasteiger charge is 2.41. The van der Waals surface area contributed by atoms with E-state index in [4.69, 9.17) is 0 Å². The number of carbonyl (C=O) groups is 1. The Kier molecular flexibility index (Phi) is 4.70. The first-order valence-electron chi connectivity index (χ1n) is 8.68. The average molecular weight is 440 g/mol. The number of piperidine rings is 1. The number of nitrogens with one attached hydrogen (secondary N) is 1. The van der Waals surface area contributed by atoms with Crippen LogP contribution in [0.2, 0.25) is 0 Å². The molecule has 158 valence electrons. The summed E-state index contributed by atoms with van der Waals surface area (Å²) in [6.45, 7) is 0.633. The van der Waals surface area contributed by atoms with E-state index in [9.17, 15) is 31.1 Å². The molecule has 4 rings (SSSR count). The summed E-state index contributed by atoms with van der Waals surface area (Å²) in [5.74, 6) is -1.14. The van der Waals surface area contributed by atoms with Gasteiger partial charge in [-0.25, -0.2) is 0 Å². The summed E-state index contributed by atoms with van der Waals surface area (Å²) >= 11 is 0.437. The van der Waals surface area contributed by atoms with Crippen molar-refractivity contribution in [3.05, 3.63) is 16.3 Å². The van der Waals surface area contributed by atoms with Gasteiger partial charge in [0, 0.05) is 31.0 Å². The monoisotopic (exact) mass is 440 g/mol. The van der Waals surface area contributed by atoms with Crippen molar-refractivity contribution < 1.29 is 31.1 Å². The van der Waals surface area contributed by atoms with Gasteiger partial charge in [-0.3, -0.25) is 4.79 Å². The lowest BCUT2D eigenvalue weighted by Crippen LogP contribution is -2.33. The molecule has 0 aromatic carbocycles. The Bertz CT molecular complexity index is 927. The number of carbonyl (C=O) groups excluding carboxylic acids is 1. The molecule has 1 N–H and O–H groups in total. The highest BCUT2D eigenvalue weighted by atomic mass is 32.1. The van der Waals surface area contributed by atoms with Crippen LogP contribution in [0.1, 0.15) is 41.4 Å². The lowest BCUT2D eigenvalue weighted by atomic mass is 9.89. The van der Waals surface area contributed by atoms with Crippen molar-refractivity contribution >= 4 is 28.2 Å². The number of hydrogen-bond donors (Lipinski definition) is 1. The molecule has 4 heterocycles. The van der Waals surface area contributed by atoms with Crippen LogP contribution in [0.4, 0.5) is 37.3 Å². The molecule has 1 saturated heterocycles. The minimum absolute atomic E-state index is 0.0768. The van der Waals surface area contributed by atoms with Crippen molar-refractivity contribution in [3.63, 3.8) is 0 Å². The summed E-state index contributed by atoms with van der Waals surface area (Å²) in [7, 11) is 0. The topological polar surface area (TPSA) is 75.9 Å². The number of aromatic nitrogens is 4. The van der Waals surface area contributed by atoms with Gasteiger partial charge in [0.05, 0.1) is 5.69 Å². The number of rotatable bonds is 2. The molecule has 2 aliphatic rings. The van der Waals surface area contributed by atoms with E-state index in [0.29, 0.717) is 42.8 Å². The smallest absolute Gasteiger partial charge is 0.347 e. The van der Waals surface area contributed by atoms with E-state index in [1.165, 1.54) is 0 Å². The number of anilines is 2. The molecule has 2 aromatic heterocycles. The molecule has 2 aromatic rings. The van der Waals surface area contributed by atoms with Gasteiger partial charge in [0.15, 0.2) is 0 Å². The standard InChI is InChI=1S/C15H14F6N6OS/c16-14(17,18)12-23-24-13(29-12)26-5-3-7(4-6-26)10-8-1-2-9(28)22-11(8)27(25-10)15(19,20)21/h7H,1-6H2,(H,22,28). The van der Waals surface area contributed by atoms with Crippen molar-refractivity contribution in [2.45, 2.75) is 44.1 Å². The predicted octanol–water partition coefficient (Wildman–Crippen LogP) is 3.50. The van der Waals surface area contributed by atoms with E-state index < -0.39 is 23.4 Å². The Balaban J connectivity index is 1.53. The van der Waals surface area contributed by atoms with Crippen LogP contribution in [0, 0.1) is 0 Å². The Labute approximate surface area is 163 Å². The third-order valence-electron chi connectivity index (χ3n) is 4.92. The quantitative estimate of drug-likeness (QED) is 0.724. The molecule has 0 bridgehead atoms. The van der Waals surface area contributed by atoms with Gasteiger partial charge in [-0.1, -0.05) is 11.3 Å². The van der Waals surface area contributed by atoms with E-state index in [0.717, 1.165) is 0 Å². The normalized spacial score (nSPS) is 18.7. The SMILES string of the molecule is O=C1CCc2c(C3CCN(c4nnc(C(F)(F)F)s4)CC3)nn(C(F)(F)F)c2N1. The fourth-order valence-corrected chi connectivity index (χ4v) is 4.35. The maximum Gasteiger partial charge on any atom is 0.506 e. The molecule has 0 atom stereocenters. The van der Waals surface area contributed by atoms with Crippen molar-refractivity contribution in [2.75, 3.05) is 23.3 Å². The van der Waals surface area contributed by atoms with Crippen molar-refractivity contribution in [1.29, 1.82) is 0 Å². The molecule has 0 saturated carbocycles. The highest BCUT2D eigenvalue weighted by molar-refractivity contribution is 7.15. The zero-order valence-electron chi connectivity index (χ0n) is 14.6. The van der Waals surface area contributed by atoms with Gasteiger partial charge >= 0.3 is 12.5 Å². The van der Waals surface area contributed by atoms with Gasteiger partial charge in [-0.15, -0.1) is 23.4 Å². The average Bonchev–Trinajstić information content (AvgIpc) is 3.26. The van der Waals surface area contributed by atoms with Crippen LogP contribution in [0.5, 0.6) is 0 Å². The minimum Gasteiger partial charge on any atom is -0.347 e. The first-order valence-corrected chi connectivity index (χ1v) is 9.50. The van der Waals surface area contributed by atoms with Crippen molar-refractivity contribution in [1.82, 2.24) is 20.0 Å². The van der Waals surface area contributed by atoms with Gasteiger partial charge in [-0.2, -0.15) is 23.0 Å². The molecule has 0 aliphatic carbocycles. The van der Waals surface area contributed by atoms with Crippen LogP contribution in [-0.2, 0) is 23.7 Å². The van der Waals surface area contributed by atoms with Gasteiger partial charge < -0.3 is 10.2 Å². The summed E-state index contributed by atoms with van der Waals surface area (Å²) in [6, 6.07) is 0. The molecule has 1 fully saturated rings. The van der Waals surface area contributed by atoms with Crippen LogP contribution < -0.4 is 10.2 Å². The number of halogens is 6. The van der Waals surface area contributed by atoms with Crippen LogP contribution in [0.25, 0.3) is 0 Å². The Morgan fingerprint density at radius 3 is 2.31 bits per heavy atom. The largest absolute Gasteiger partial charge is 0.506 e. The third-order valence-corrected chi connectivity index (χ3v) is 5.95. The molecule has 7 nitrogen and oxygen atoms in total. The summed E-state index contributed by atoms with van der Waals surface area (Å²) in [4.78, 5) is 13.2. The number of fused-ring (bicyclic) bond motifs is 1. The number of alkyl halides is 6. The van der Waals surface area contributed by atoms with Crippen LogP contribution in [0.15, 0.2) is 0 Å². The lowest BCUT2D eigenvalue weighted by molar-refractivity contribution is -0.210. The fourth-order valence-electron chi connectivity index (χ4n) is 3.59. The second kappa shape index (κ2) is 6.85. The summed E-state index contributed by atoms with van der Waals surface area (Å²) in [5.41, 5.74) is 0.654. The van der Waals surface area contributed by atoms with Crippen molar-refractivity contribution in [2.24, 2.45) is 0 Å². The second-order valence-electron chi connectivity index (χ2n) is 6.79. The van der Waals surface area contributed by atoms with E-state index >= 15 is 0 Å². The van der Waals surface area contributed by atoms with Gasteiger partial charge in [-0.05, 0) is 19.3 Å². The van der Waals surface area contributed by atoms with Gasteiger partial charge in [0.2, 0.25) is 16.0 Å². The predicted molar refractivity (Wildman–Crippen MR) is 89.6 cm³/mol. The molecular weight excluding hydrogens is 426 g/mol. The van der Waals surface area contributed by atoms with E-state index in [2.05, 4.69) is 20.6 Å². The Morgan fingerprint density at radius 1 is 1.03 bits per heavy atom. The van der Waals surface area contributed by atoms with E-state index in [-0.39, 0.29) is 40.1 Å². The molecule has 0 unspecified atom stereocenters. The third kappa shape index (κ3) is 3.76. The van der Waals surface area contributed by atoms with Crippen LogP contribution in [0.3, 0.4) is 0 Å². The molecule has 0 radical (unpaired) electrons. The highest BCUT2D eigenvalue weighted by Crippen LogP contribution is 2.40. The number of amides is 1. The number of hydrogen-bond acceptors (Lipinski definition) is 6. The summed E-state index contributed by atoms with van der Waals surface area (Å²) in [6.07, 6.45) is -8.30. The molecule has 2 aliphatic heterocycles. The summed E-state index contributed by atoms with van der Waals surface area (Å²) in [5, 5.41) is 11.8. The van der Waals surface area contributed by atoms with Crippen LogP contribution in [-0.4, -0.2) is 39.0 Å². The van der Waals surface area contributed by atoms with Gasteiger partial charge in [0.25, 0.3) is 0 Å². The zero-order chi connectivity index (χ0) is 21.0. The molecule has 14 heteroatoms. The lowest BCUT2D eigenvalue weighted by Gasteiger charge is -2.31. The van der Waals surface area contributed by atoms with Crippen molar-refractivity contribution in [3.8, 4) is 0 Å². The summed E-state index contributed by atoms with van der Waals surface area (Å²) < 4.78 is 77.9. The zero-order valence-corrected chi connectivity index (χ0v) is 15.5. The van der Waals surface area contributed by atoms with Gasteiger partial charge in [0.1, 0.15) is 5.82 Å². The Morgan fingerprint density at radius 2 is 1.72 bits per heavy atom.